The number of amides is 1. The number of carbonyl (C=O) groups is 1. The van der Waals surface area contributed by atoms with Crippen LogP contribution in [0.25, 0.3) is 10.6 Å². The molecule has 0 bridgehead atoms. The minimum Gasteiger partial charge on any atom is -0.326 e. The molecular formula is C15H19N3O3S2. The standard InChI is InChI=1S/C15H19N3O3S2/c1-3-23(20,21)16-8-7-14-10-22-15(18-14)12-5-4-6-13(9-12)17-11(2)19/h4-6,9-10,16H,3,7-8H2,1-2H3,(H,17,19). The SMILES string of the molecule is CCS(=O)(=O)NCCc1csc(-c2cccc(NC(C)=O)c2)n1. The molecule has 0 saturated carbocycles. The molecule has 8 heteroatoms. The van der Waals surface area contributed by atoms with E-state index in [9.17, 15) is 13.2 Å². The van der Waals surface area contributed by atoms with Gasteiger partial charge in [-0.05, 0) is 19.1 Å². The minimum atomic E-state index is -3.17. The van der Waals surface area contributed by atoms with E-state index >= 15 is 0 Å². The van der Waals surface area contributed by atoms with E-state index in [0.29, 0.717) is 13.0 Å². The smallest absolute Gasteiger partial charge is 0.221 e. The lowest BCUT2D eigenvalue weighted by molar-refractivity contribution is -0.114. The lowest BCUT2D eigenvalue weighted by Gasteiger charge is -2.04. The van der Waals surface area contributed by atoms with Crippen LogP contribution >= 0.6 is 11.3 Å². The lowest BCUT2D eigenvalue weighted by atomic mass is 10.2. The van der Waals surface area contributed by atoms with Gasteiger partial charge in [-0.1, -0.05) is 12.1 Å². The number of sulfonamides is 1. The topological polar surface area (TPSA) is 88.2 Å². The summed E-state index contributed by atoms with van der Waals surface area (Å²) in [6.45, 7) is 3.40. The first-order valence-corrected chi connectivity index (χ1v) is 9.72. The fraction of sp³-hybridized carbons (Fsp3) is 0.333. The molecule has 1 aromatic heterocycles. The maximum absolute atomic E-state index is 11.4. The zero-order valence-electron chi connectivity index (χ0n) is 13.0. The molecule has 0 fully saturated rings. The van der Waals surface area contributed by atoms with Gasteiger partial charge in [0.05, 0.1) is 11.4 Å². The number of benzene rings is 1. The highest BCUT2D eigenvalue weighted by Gasteiger charge is 2.08. The van der Waals surface area contributed by atoms with Crippen LogP contribution in [-0.4, -0.2) is 31.6 Å². The Balaban J connectivity index is 2.03. The summed E-state index contributed by atoms with van der Waals surface area (Å²) in [7, 11) is -3.17. The molecule has 2 aromatic rings. The molecule has 0 aliphatic carbocycles. The molecule has 0 unspecified atom stereocenters. The fourth-order valence-electron chi connectivity index (χ4n) is 1.92. The molecular weight excluding hydrogens is 334 g/mol. The number of aromatic nitrogens is 1. The van der Waals surface area contributed by atoms with Crippen LogP contribution in [0.1, 0.15) is 19.5 Å². The molecule has 2 N–H and O–H groups in total. The van der Waals surface area contributed by atoms with Gasteiger partial charge in [-0.15, -0.1) is 11.3 Å². The van der Waals surface area contributed by atoms with Crippen molar-refractivity contribution in [3.05, 3.63) is 35.3 Å². The van der Waals surface area contributed by atoms with Crippen LogP contribution in [0.15, 0.2) is 29.6 Å². The molecule has 0 aliphatic rings. The number of nitrogens with one attached hydrogen (secondary N) is 2. The molecule has 2 rings (SSSR count). The molecule has 124 valence electrons. The Hall–Kier alpha value is -1.77. The molecule has 0 spiro atoms. The average Bonchev–Trinajstić information content (AvgIpc) is 2.95. The number of rotatable bonds is 7. The van der Waals surface area contributed by atoms with Crippen LogP contribution in [0.2, 0.25) is 0 Å². The summed E-state index contributed by atoms with van der Waals surface area (Å²) < 4.78 is 25.3. The van der Waals surface area contributed by atoms with Gasteiger partial charge in [-0.25, -0.2) is 18.1 Å². The lowest BCUT2D eigenvalue weighted by Crippen LogP contribution is -2.27. The second-order valence-corrected chi connectivity index (χ2v) is 7.91. The van der Waals surface area contributed by atoms with Crippen molar-refractivity contribution in [2.75, 3.05) is 17.6 Å². The molecule has 6 nitrogen and oxygen atoms in total. The van der Waals surface area contributed by atoms with E-state index in [1.54, 1.807) is 6.92 Å². The average molecular weight is 353 g/mol. The summed E-state index contributed by atoms with van der Waals surface area (Å²) in [5.41, 5.74) is 2.48. The van der Waals surface area contributed by atoms with Gasteiger partial charge in [0.1, 0.15) is 5.01 Å². The van der Waals surface area contributed by atoms with E-state index < -0.39 is 10.0 Å². The van der Waals surface area contributed by atoms with Crippen LogP contribution in [0.5, 0.6) is 0 Å². The number of carbonyl (C=O) groups excluding carboxylic acids is 1. The van der Waals surface area contributed by atoms with Crippen molar-refractivity contribution >= 4 is 33.0 Å². The Morgan fingerprint density at radius 2 is 2.13 bits per heavy atom. The van der Waals surface area contributed by atoms with Gasteiger partial charge in [-0.3, -0.25) is 4.79 Å². The van der Waals surface area contributed by atoms with Crippen LogP contribution in [-0.2, 0) is 21.2 Å². The number of nitrogens with zero attached hydrogens (tertiary/aromatic N) is 1. The third kappa shape index (κ3) is 5.42. The monoisotopic (exact) mass is 353 g/mol. The molecule has 0 atom stereocenters. The van der Waals surface area contributed by atoms with Gasteiger partial charge in [-0.2, -0.15) is 0 Å². The van der Waals surface area contributed by atoms with Gasteiger partial charge in [0.15, 0.2) is 0 Å². The molecule has 0 radical (unpaired) electrons. The summed E-state index contributed by atoms with van der Waals surface area (Å²) in [4.78, 5) is 15.6. The summed E-state index contributed by atoms with van der Waals surface area (Å²) in [6.07, 6.45) is 0.543. The Bertz CT molecular complexity index is 785. The third-order valence-corrected chi connectivity index (χ3v) is 5.41. The third-order valence-electron chi connectivity index (χ3n) is 3.06. The van der Waals surface area contributed by atoms with E-state index in [0.717, 1.165) is 22.0 Å². The quantitative estimate of drug-likeness (QED) is 0.799. The molecule has 0 aliphatic heterocycles. The highest BCUT2D eigenvalue weighted by molar-refractivity contribution is 7.89. The van der Waals surface area contributed by atoms with E-state index in [1.165, 1.54) is 18.3 Å². The van der Waals surface area contributed by atoms with Gasteiger partial charge in [0.2, 0.25) is 15.9 Å². The number of anilines is 1. The summed E-state index contributed by atoms with van der Waals surface area (Å²) >= 11 is 1.49. The molecule has 1 aromatic carbocycles. The van der Waals surface area contributed by atoms with Gasteiger partial charge in [0, 0.05) is 36.5 Å². The van der Waals surface area contributed by atoms with Crippen molar-refractivity contribution < 1.29 is 13.2 Å². The Morgan fingerprint density at radius 1 is 1.35 bits per heavy atom. The predicted molar refractivity (Wildman–Crippen MR) is 93.0 cm³/mol. The minimum absolute atomic E-state index is 0.0747. The van der Waals surface area contributed by atoms with E-state index in [1.807, 2.05) is 29.6 Å². The van der Waals surface area contributed by atoms with Crippen molar-refractivity contribution in [3.63, 3.8) is 0 Å². The van der Waals surface area contributed by atoms with Crippen molar-refractivity contribution in [1.82, 2.24) is 9.71 Å². The first-order chi connectivity index (χ1) is 10.9. The number of hydrogen-bond acceptors (Lipinski definition) is 5. The van der Waals surface area contributed by atoms with Crippen molar-refractivity contribution in [3.8, 4) is 10.6 Å². The number of hydrogen-bond donors (Lipinski definition) is 2. The van der Waals surface area contributed by atoms with E-state index in [2.05, 4.69) is 15.0 Å². The largest absolute Gasteiger partial charge is 0.326 e. The Morgan fingerprint density at radius 3 is 2.83 bits per heavy atom. The van der Waals surface area contributed by atoms with Crippen LogP contribution in [0.3, 0.4) is 0 Å². The van der Waals surface area contributed by atoms with Crippen molar-refractivity contribution in [1.29, 1.82) is 0 Å². The maximum atomic E-state index is 11.4. The number of thiazole rings is 1. The summed E-state index contributed by atoms with van der Waals surface area (Å²) in [5, 5.41) is 5.50. The van der Waals surface area contributed by atoms with Crippen molar-refractivity contribution in [2.45, 2.75) is 20.3 Å². The van der Waals surface area contributed by atoms with Gasteiger partial charge >= 0.3 is 0 Å². The normalized spacial score (nSPS) is 11.4. The zero-order valence-corrected chi connectivity index (χ0v) is 14.6. The highest BCUT2D eigenvalue weighted by Crippen LogP contribution is 2.26. The van der Waals surface area contributed by atoms with Gasteiger partial charge in [0.25, 0.3) is 0 Å². The Labute approximate surface area is 140 Å². The summed E-state index contributed by atoms with van der Waals surface area (Å²) in [6, 6.07) is 7.47. The maximum Gasteiger partial charge on any atom is 0.221 e. The second kappa shape index (κ2) is 7.67. The second-order valence-electron chi connectivity index (χ2n) is 4.95. The van der Waals surface area contributed by atoms with Crippen molar-refractivity contribution in [2.24, 2.45) is 0 Å². The first-order valence-electron chi connectivity index (χ1n) is 7.19. The highest BCUT2D eigenvalue weighted by atomic mass is 32.2. The predicted octanol–water partition coefficient (Wildman–Crippen LogP) is 2.25. The molecule has 1 amide bonds. The molecule has 0 saturated heterocycles. The van der Waals surface area contributed by atoms with Crippen LogP contribution in [0, 0.1) is 0 Å². The molecule has 1 heterocycles. The van der Waals surface area contributed by atoms with Crippen LogP contribution < -0.4 is 10.0 Å². The van der Waals surface area contributed by atoms with E-state index in [-0.39, 0.29) is 11.7 Å². The fourth-order valence-corrected chi connectivity index (χ4v) is 3.39. The molecule has 23 heavy (non-hydrogen) atoms. The summed E-state index contributed by atoms with van der Waals surface area (Å²) in [5.74, 6) is -0.0455. The van der Waals surface area contributed by atoms with Gasteiger partial charge < -0.3 is 5.32 Å². The van der Waals surface area contributed by atoms with E-state index in [4.69, 9.17) is 0 Å². The van der Waals surface area contributed by atoms with Crippen LogP contribution in [0.4, 0.5) is 5.69 Å². The Kier molecular flexibility index (Phi) is 5.86. The zero-order chi connectivity index (χ0) is 16.9. The first kappa shape index (κ1) is 17.6.